The lowest BCUT2D eigenvalue weighted by Gasteiger charge is -2.45. The zero-order valence-corrected chi connectivity index (χ0v) is 18.8. The number of carbonyl (C=O) groups is 1. The zero-order chi connectivity index (χ0) is 21.1. The molecule has 1 N–H and O–H groups in total. The summed E-state index contributed by atoms with van der Waals surface area (Å²) in [5.74, 6) is 0.564. The van der Waals surface area contributed by atoms with Gasteiger partial charge in [0.05, 0.1) is 0 Å². The van der Waals surface area contributed by atoms with Crippen LogP contribution in [0, 0.1) is 5.41 Å². The molecular weight excluding hydrogens is 368 g/mol. The fourth-order valence-corrected chi connectivity index (χ4v) is 5.56. The van der Waals surface area contributed by atoms with Gasteiger partial charge in [0, 0.05) is 24.6 Å². The highest BCUT2D eigenvalue weighted by Crippen LogP contribution is 2.50. The summed E-state index contributed by atoms with van der Waals surface area (Å²) in [6, 6.07) is 15.7. The highest BCUT2D eigenvalue weighted by Gasteiger charge is 2.40. The Morgan fingerprint density at radius 1 is 1.03 bits per heavy atom. The molecule has 1 saturated heterocycles. The monoisotopic (exact) mass is 404 g/mol. The van der Waals surface area contributed by atoms with Crippen LogP contribution in [0.2, 0.25) is 0 Å². The lowest BCUT2D eigenvalue weighted by molar-refractivity contribution is 0.0773. The summed E-state index contributed by atoms with van der Waals surface area (Å²) in [6.07, 6.45) is 6.03. The summed E-state index contributed by atoms with van der Waals surface area (Å²) in [7, 11) is 0. The molecule has 3 heteroatoms. The largest absolute Gasteiger partial charge is 0.339 e. The first-order valence-electron chi connectivity index (χ1n) is 11.8. The summed E-state index contributed by atoms with van der Waals surface area (Å²) in [5.41, 5.74) is 7.05. The molecule has 1 spiro atoms. The van der Waals surface area contributed by atoms with Crippen molar-refractivity contribution in [3.05, 3.63) is 70.3 Å². The Morgan fingerprint density at radius 2 is 1.73 bits per heavy atom. The highest BCUT2D eigenvalue weighted by atomic mass is 16.2. The minimum Gasteiger partial charge on any atom is -0.339 e. The van der Waals surface area contributed by atoms with Gasteiger partial charge in [-0.3, -0.25) is 4.79 Å². The van der Waals surface area contributed by atoms with Crippen LogP contribution in [0.5, 0.6) is 0 Å². The summed E-state index contributed by atoms with van der Waals surface area (Å²) < 4.78 is 0. The quantitative estimate of drug-likeness (QED) is 0.745. The number of amides is 1. The third-order valence-corrected chi connectivity index (χ3v) is 7.47. The van der Waals surface area contributed by atoms with Gasteiger partial charge in [-0.1, -0.05) is 37.3 Å². The molecule has 1 aliphatic carbocycles. The third kappa shape index (κ3) is 4.05. The summed E-state index contributed by atoms with van der Waals surface area (Å²) >= 11 is 0. The predicted octanol–water partition coefficient (Wildman–Crippen LogP) is 5.18. The van der Waals surface area contributed by atoms with Crippen LogP contribution in [-0.4, -0.2) is 37.0 Å². The van der Waals surface area contributed by atoms with Crippen LogP contribution in [0.4, 0.5) is 0 Å². The second-order valence-corrected chi connectivity index (χ2v) is 9.17. The van der Waals surface area contributed by atoms with E-state index in [1.807, 2.05) is 30.9 Å². The molecule has 1 atom stereocenters. The van der Waals surface area contributed by atoms with Gasteiger partial charge in [-0.05, 0) is 98.8 Å². The van der Waals surface area contributed by atoms with Gasteiger partial charge in [0.15, 0.2) is 0 Å². The third-order valence-electron chi connectivity index (χ3n) is 7.47. The van der Waals surface area contributed by atoms with Crippen LogP contribution in [0.25, 0.3) is 0 Å². The van der Waals surface area contributed by atoms with Crippen LogP contribution >= 0.6 is 0 Å². The highest BCUT2D eigenvalue weighted by molar-refractivity contribution is 5.94. The van der Waals surface area contributed by atoms with Gasteiger partial charge in [-0.25, -0.2) is 0 Å². The number of aryl methyl sites for hydroxylation is 1. The minimum atomic E-state index is 0.138. The Hall–Kier alpha value is -2.13. The van der Waals surface area contributed by atoms with Crippen molar-refractivity contribution in [2.24, 2.45) is 5.41 Å². The Balaban J connectivity index is 1.68. The Morgan fingerprint density at radius 3 is 2.37 bits per heavy atom. The average Bonchev–Trinajstić information content (AvgIpc) is 2.79. The fourth-order valence-electron chi connectivity index (χ4n) is 5.56. The van der Waals surface area contributed by atoms with Crippen molar-refractivity contribution >= 4 is 5.91 Å². The smallest absolute Gasteiger partial charge is 0.253 e. The SMILES string of the molecule is CCc1ccc2c(c1)C(c1ccc(C(=O)N(CC)CC)cc1)CC1(CCNCC1)C2. The number of hydrogen-bond donors (Lipinski definition) is 1. The van der Waals surface area contributed by atoms with Crippen LogP contribution in [0.3, 0.4) is 0 Å². The summed E-state index contributed by atoms with van der Waals surface area (Å²) in [4.78, 5) is 14.6. The van der Waals surface area contributed by atoms with Crippen molar-refractivity contribution in [2.75, 3.05) is 26.2 Å². The lowest BCUT2D eigenvalue weighted by Crippen LogP contribution is -2.41. The summed E-state index contributed by atoms with van der Waals surface area (Å²) in [5, 5.41) is 3.55. The number of carbonyl (C=O) groups excluding carboxylic acids is 1. The molecule has 2 aliphatic rings. The normalized spacial score (nSPS) is 20.0. The number of hydrogen-bond acceptors (Lipinski definition) is 2. The second kappa shape index (κ2) is 8.93. The van der Waals surface area contributed by atoms with Crippen LogP contribution in [0.1, 0.15) is 78.6 Å². The van der Waals surface area contributed by atoms with E-state index in [9.17, 15) is 4.79 Å². The van der Waals surface area contributed by atoms with Gasteiger partial charge < -0.3 is 10.2 Å². The lowest BCUT2D eigenvalue weighted by atomic mass is 9.61. The van der Waals surface area contributed by atoms with E-state index in [0.717, 1.165) is 38.2 Å². The van der Waals surface area contributed by atoms with E-state index in [2.05, 4.69) is 42.6 Å². The molecule has 1 amide bonds. The molecule has 0 aromatic heterocycles. The number of nitrogens with zero attached hydrogens (tertiary/aromatic N) is 1. The molecule has 0 bridgehead atoms. The Labute approximate surface area is 181 Å². The van der Waals surface area contributed by atoms with E-state index in [4.69, 9.17) is 0 Å². The van der Waals surface area contributed by atoms with Crippen molar-refractivity contribution in [3.8, 4) is 0 Å². The van der Waals surface area contributed by atoms with Crippen molar-refractivity contribution < 1.29 is 4.79 Å². The topological polar surface area (TPSA) is 32.3 Å². The molecule has 2 aromatic rings. The first-order chi connectivity index (χ1) is 14.6. The molecule has 0 saturated carbocycles. The van der Waals surface area contributed by atoms with E-state index in [0.29, 0.717) is 11.3 Å². The summed E-state index contributed by atoms with van der Waals surface area (Å²) in [6.45, 7) is 10.1. The van der Waals surface area contributed by atoms with Crippen LogP contribution in [-0.2, 0) is 12.8 Å². The molecular formula is C27H36N2O. The van der Waals surface area contributed by atoms with E-state index in [1.165, 1.54) is 47.9 Å². The molecule has 1 heterocycles. The first-order valence-corrected chi connectivity index (χ1v) is 11.8. The Kier molecular flexibility index (Phi) is 6.29. The molecule has 1 fully saturated rings. The number of piperidine rings is 1. The number of benzene rings is 2. The molecule has 0 radical (unpaired) electrons. The van der Waals surface area contributed by atoms with E-state index >= 15 is 0 Å². The van der Waals surface area contributed by atoms with Crippen LogP contribution < -0.4 is 5.32 Å². The van der Waals surface area contributed by atoms with E-state index in [-0.39, 0.29) is 5.91 Å². The van der Waals surface area contributed by atoms with Gasteiger partial charge in [0.25, 0.3) is 5.91 Å². The molecule has 1 unspecified atom stereocenters. The van der Waals surface area contributed by atoms with Crippen molar-refractivity contribution in [3.63, 3.8) is 0 Å². The van der Waals surface area contributed by atoms with Gasteiger partial charge >= 0.3 is 0 Å². The van der Waals surface area contributed by atoms with Gasteiger partial charge in [0.2, 0.25) is 0 Å². The molecule has 30 heavy (non-hydrogen) atoms. The number of rotatable bonds is 5. The number of nitrogens with one attached hydrogen (secondary N) is 1. The fraction of sp³-hybridized carbons (Fsp3) is 0.519. The molecule has 1 aliphatic heterocycles. The minimum absolute atomic E-state index is 0.138. The van der Waals surface area contributed by atoms with Gasteiger partial charge in [-0.2, -0.15) is 0 Å². The van der Waals surface area contributed by atoms with Crippen molar-refractivity contribution in [1.29, 1.82) is 0 Å². The maximum atomic E-state index is 12.7. The van der Waals surface area contributed by atoms with Crippen molar-refractivity contribution in [2.45, 2.75) is 58.8 Å². The molecule has 3 nitrogen and oxygen atoms in total. The zero-order valence-electron chi connectivity index (χ0n) is 18.8. The van der Waals surface area contributed by atoms with Crippen LogP contribution in [0.15, 0.2) is 42.5 Å². The van der Waals surface area contributed by atoms with E-state index in [1.54, 1.807) is 0 Å². The maximum absolute atomic E-state index is 12.7. The standard InChI is InChI=1S/C27H36N2O/c1-4-20-7-8-23-18-27(13-15-28-16-14-27)19-25(24(23)17-20)21-9-11-22(12-10-21)26(30)29(5-2)6-3/h7-12,17,25,28H,4-6,13-16,18-19H2,1-3H3. The molecule has 4 rings (SSSR count). The van der Waals surface area contributed by atoms with Crippen molar-refractivity contribution in [1.82, 2.24) is 10.2 Å². The van der Waals surface area contributed by atoms with Gasteiger partial charge in [-0.15, -0.1) is 0 Å². The average molecular weight is 405 g/mol. The Bertz CT molecular complexity index is 876. The van der Waals surface area contributed by atoms with E-state index < -0.39 is 0 Å². The maximum Gasteiger partial charge on any atom is 0.253 e. The predicted molar refractivity (Wildman–Crippen MR) is 124 cm³/mol. The number of fused-ring (bicyclic) bond motifs is 1. The molecule has 2 aromatic carbocycles. The molecule has 160 valence electrons. The second-order valence-electron chi connectivity index (χ2n) is 9.17. The van der Waals surface area contributed by atoms with Gasteiger partial charge in [0.1, 0.15) is 0 Å². The first kappa shape index (κ1) is 21.1.